The number of ether oxygens (including phenoxy) is 1. The lowest BCUT2D eigenvalue weighted by Gasteiger charge is -2.29. The highest BCUT2D eigenvalue weighted by Gasteiger charge is 2.24. The Bertz CT molecular complexity index is 725. The molecular weight excluding hydrogens is 290 g/mol. The summed E-state index contributed by atoms with van der Waals surface area (Å²) >= 11 is 0. The first kappa shape index (κ1) is 15.4. The minimum absolute atomic E-state index is 0.0578. The van der Waals surface area contributed by atoms with Crippen LogP contribution in [0.15, 0.2) is 36.4 Å². The van der Waals surface area contributed by atoms with Crippen molar-refractivity contribution in [3.8, 4) is 11.5 Å². The standard InChI is InChI=1S/C19H21NO3/c1-13(21)20-9-8-16-15(12-20)11-18(23-2)17(19(16)22)10-14-6-4-3-5-7-14/h3-7,11,22H,8-10,12H2,1-2H3. The van der Waals surface area contributed by atoms with Gasteiger partial charge in [-0.2, -0.15) is 0 Å². The average Bonchev–Trinajstić information content (AvgIpc) is 2.57. The molecular formula is C19H21NO3. The van der Waals surface area contributed by atoms with Gasteiger partial charge in [0.1, 0.15) is 11.5 Å². The fourth-order valence-corrected chi connectivity index (χ4v) is 3.16. The molecule has 1 N–H and O–H groups in total. The van der Waals surface area contributed by atoms with E-state index in [2.05, 4.69) is 0 Å². The third-order valence-corrected chi connectivity index (χ3v) is 4.44. The second kappa shape index (κ2) is 6.32. The highest BCUT2D eigenvalue weighted by molar-refractivity contribution is 5.74. The van der Waals surface area contributed by atoms with E-state index in [1.54, 1.807) is 18.9 Å². The maximum absolute atomic E-state index is 11.6. The number of methoxy groups -OCH3 is 1. The second-order valence-corrected chi connectivity index (χ2v) is 5.90. The normalized spacial score (nSPS) is 13.6. The van der Waals surface area contributed by atoms with E-state index in [4.69, 9.17) is 4.74 Å². The van der Waals surface area contributed by atoms with Gasteiger partial charge in [0.05, 0.1) is 7.11 Å². The van der Waals surface area contributed by atoms with Crippen molar-refractivity contribution < 1.29 is 14.6 Å². The molecule has 0 aromatic heterocycles. The van der Waals surface area contributed by atoms with Crippen molar-refractivity contribution in [2.75, 3.05) is 13.7 Å². The van der Waals surface area contributed by atoms with E-state index in [9.17, 15) is 9.90 Å². The summed E-state index contributed by atoms with van der Waals surface area (Å²) in [6, 6.07) is 12.0. The first-order valence-electron chi connectivity index (χ1n) is 7.80. The summed E-state index contributed by atoms with van der Waals surface area (Å²) in [5, 5.41) is 10.7. The van der Waals surface area contributed by atoms with Crippen LogP contribution in [0.5, 0.6) is 11.5 Å². The van der Waals surface area contributed by atoms with Crippen LogP contribution in [-0.2, 0) is 24.2 Å². The van der Waals surface area contributed by atoms with Crippen molar-refractivity contribution in [1.29, 1.82) is 0 Å². The molecule has 0 aliphatic carbocycles. The Morgan fingerprint density at radius 3 is 2.70 bits per heavy atom. The van der Waals surface area contributed by atoms with Crippen LogP contribution in [0.3, 0.4) is 0 Å². The summed E-state index contributed by atoms with van der Waals surface area (Å²) in [6.07, 6.45) is 1.30. The van der Waals surface area contributed by atoms with Crippen LogP contribution in [0.1, 0.15) is 29.2 Å². The third-order valence-electron chi connectivity index (χ3n) is 4.44. The molecule has 0 bridgehead atoms. The number of nitrogens with zero attached hydrogens (tertiary/aromatic N) is 1. The number of hydrogen-bond acceptors (Lipinski definition) is 3. The van der Waals surface area contributed by atoms with Crippen LogP contribution in [0.25, 0.3) is 0 Å². The molecule has 0 fully saturated rings. The molecule has 2 aromatic carbocycles. The van der Waals surface area contributed by atoms with Gasteiger partial charge in [0, 0.05) is 37.6 Å². The van der Waals surface area contributed by atoms with Crippen LogP contribution < -0.4 is 4.74 Å². The zero-order chi connectivity index (χ0) is 16.4. The van der Waals surface area contributed by atoms with Gasteiger partial charge in [-0.1, -0.05) is 30.3 Å². The molecule has 3 rings (SSSR count). The van der Waals surface area contributed by atoms with Crippen LogP contribution in [0, 0.1) is 0 Å². The molecule has 1 heterocycles. The molecule has 0 saturated heterocycles. The number of phenols is 1. The van der Waals surface area contributed by atoms with Crippen molar-refractivity contribution in [1.82, 2.24) is 4.90 Å². The maximum atomic E-state index is 11.6. The highest BCUT2D eigenvalue weighted by Crippen LogP contribution is 2.38. The molecule has 1 amide bonds. The molecule has 1 aliphatic heterocycles. The molecule has 23 heavy (non-hydrogen) atoms. The quantitative estimate of drug-likeness (QED) is 0.948. The van der Waals surface area contributed by atoms with Crippen molar-refractivity contribution in [2.45, 2.75) is 26.3 Å². The van der Waals surface area contributed by atoms with Crippen molar-refractivity contribution >= 4 is 5.91 Å². The van der Waals surface area contributed by atoms with E-state index in [-0.39, 0.29) is 5.91 Å². The van der Waals surface area contributed by atoms with E-state index in [0.717, 1.165) is 22.3 Å². The van der Waals surface area contributed by atoms with Crippen LogP contribution in [0.2, 0.25) is 0 Å². The average molecular weight is 311 g/mol. The van der Waals surface area contributed by atoms with Gasteiger partial charge in [0.15, 0.2) is 0 Å². The monoisotopic (exact) mass is 311 g/mol. The maximum Gasteiger partial charge on any atom is 0.219 e. The Kier molecular flexibility index (Phi) is 4.24. The lowest BCUT2D eigenvalue weighted by atomic mass is 9.92. The van der Waals surface area contributed by atoms with E-state index in [1.165, 1.54) is 0 Å². The van der Waals surface area contributed by atoms with Gasteiger partial charge in [-0.3, -0.25) is 4.79 Å². The lowest BCUT2D eigenvalue weighted by molar-refractivity contribution is -0.129. The first-order chi connectivity index (χ1) is 11.1. The first-order valence-corrected chi connectivity index (χ1v) is 7.80. The third kappa shape index (κ3) is 3.02. The molecule has 4 nitrogen and oxygen atoms in total. The fourth-order valence-electron chi connectivity index (χ4n) is 3.16. The fraction of sp³-hybridized carbons (Fsp3) is 0.316. The van der Waals surface area contributed by atoms with Crippen molar-refractivity contribution in [3.63, 3.8) is 0 Å². The van der Waals surface area contributed by atoms with Crippen molar-refractivity contribution in [3.05, 3.63) is 58.7 Å². The molecule has 0 saturated carbocycles. The summed E-state index contributed by atoms with van der Waals surface area (Å²) in [4.78, 5) is 13.4. The molecule has 0 atom stereocenters. The van der Waals surface area contributed by atoms with Crippen LogP contribution >= 0.6 is 0 Å². The van der Waals surface area contributed by atoms with E-state index in [1.807, 2.05) is 36.4 Å². The van der Waals surface area contributed by atoms with Crippen molar-refractivity contribution in [2.24, 2.45) is 0 Å². The smallest absolute Gasteiger partial charge is 0.219 e. The summed E-state index contributed by atoms with van der Waals surface area (Å²) < 4.78 is 5.50. The zero-order valence-electron chi connectivity index (χ0n) is 13.5. The van der Waals surface area contributed by atoms with E-state index >= 15 is 0 Å². The lowest BCUT2D eigenvalue weighted by Crippen LogP contribution is -2.34. The Labute approximate surface area is 136 Å². The van der Waals surface area contributed by atoms with Crippen LogP contribution in [0.4, 0.5) is 0 Å². The molecule has 2 aromatic rings. The molecule has 0 spiro atoms. The van der Waals surface area contributed by atoms with E-state index in [0.29, 0.717) is 37.4 Å². The SMILES string of the molecule is COc1cc2c(c(O)c1Cc1ccccc1)CCN(C(C)=O)C2. The Morgan fingerprint density at radius 2 is 2.04 bits per heavy atom. The summed E-state index contributed by atoms with van der Waals surface area (Å²) in [5.74, 6) is 1.05. The number of fused-ring (bicyclic) bond motifs is 1. The largest absolute Gasteiger partial charge is 0.507 e. The van der Waals surface area contributed by atoms with Gasteiger partial charge in [-0.25, -0.2) is 0 Å². The number of rotatable bonds is 3. The van der Waals surface area contributed by atoms with Gasteiger partial charge in [0.25, 0.3) is 0 Å². The van der Waals surface area contributed by atoms with Gasteiger partial charge >= 0.3 is 0 Å². The van der Waals surface area contributed by atoms with Gasteiger partial charge < -0.3 is 14.7 Å². The topological polar surface area (TPSA) is 49.8 Å². The van der Waals surface area contributed by atoms with Gasteiger partial charge in [0.2, 0.25) is 5.91 Å². The number of phenolic OH excluding ortho intramolecular Hbond substituents is 1. The number of aromatic hydroxyl groups is 1. The number of carbonyl (C=O) groups excluding carboxylic acids is 1. The number of carbonyl (C=O) groups is 1. The predicted octanol–water partition coefficient (Wildman–Crippen LogP) is 2.90. The number of hydrogen-bond donors (Lipinski definition) is 1. The summed E-state index contributed by atoms with van der Waals surface area (Å²) in [6.45, 7) is 2.75. The molecule has 4 heteroatoms. The Balaban J connectivity index is 2.00. The molecule has 120 valence electrons. The Hall–Kier alpha value is -2.49. The summed E-state index contributed by atoms with van der Waals surface area (Å²) in [7, 11) is 1.61. The zero-order valence-corrected chi connectivity index (χ0v) is 13.5. The Morgan fingerprint density at radius 1 is 1.30 bits per heavy atom. The minimum atomic E-state index is 0.0578. The molecule has 0 radical (unpaired) electrons. The van der Waals surface area contributed by atoms with E-state index < -0.39 is 0 Å². The minimum Gasteiger partial charge on any atom is -0.507 e. The predicted molar refractivity (Wildman–Crippen MR) is 88.7 cm³/mol. The highest BCUT2D eigenvalue weighted by atomic mass is 16.5. The number of benzene rings is 2. The van der Waals surface area contributed by atoms with Crippen LogP contribution in [-0.4, -0.2) is 29.6 Å². The van der Waals surface area contributed by atoms with Gasteiger partial charge in [-0.05, 0) is 23.6 Å². The summed E-state index contributed by atoms with van der Waals surface area (Å²) in [5.41, 5.74) is 3.85. The second-order valence-electron chi connectivity index (χ2n) is 5.90. The molecule has 0 unspecified atom stereocenters. The molecule has 1 aliphatic rings. The number of amides is 1. The van der Waals surface area contributed by atoms with Gasteiger partial charge in [-0.15, -0.1) is 0 Å².